The molecule has 0 aromatic heterocycles. The molecule has 2 N–H and O–H groups in total. The molecule has 21 heavy (non-hydrogen) atoms. The molecule has 0 saturated heterocycles. The van der Waals surface area contributed by atoms with E-state index in [2.05, 4.69) is 21.2 Å². The van der Waals surface area contributed by atoms with Crippen LogP contribution in [0.15, 0.2) is 22.7 Å². The number of nitrogens with one attached hydrogen (secondary N) is 1. The highest BCUT2D eigenvalue weighted by Gasteiger charge is 2.39. The second-order valence-electron chi connectivity index (χ2n) is 5.45. The van der Waals surface area contributed by atoms with E-state index >= 15 is 0 Å². The van der Waals surface area contributed by atoms with Crippen LogP contribution in [-0.4, -0.2) is 23.5 Å². The molecular weight excluding hydrogens is 341 g/mol. The molecule has 1 aliphatic carbocycles. The first-order chi connectivity index (χ1) is 9.94. The molecule has 1 fully saturated rings. The van der Waals surface area contributed by atoms with Gasteiger partial charge in [0.2, 0.25) is 0 Å². The zero-order chi connectivity index (χ0) is 15.5. The van der Waals surface area contributed by atoms with Crippen molar-refractivity contribution in [3.05, 3.63) is 34.1 Å². The summed E-state index contributed by atoms with van der Waals surface area (Å²) in [7, 11) is 0. The van der Waals surface area contributed by atoms with E-state index in [0.717, 1.165) is 19.3 Å². The van der Waals surface area contributed by atoms with Crippen LogP contribution in [0.1, 0.15) is 42.5 Å². The van der Waals surface area contributed by atoms with Crippen molar-refractivity contribution in [1.29, 1.82) is 0 Å². The Hall–Kier alpha value is -1.43. The number of hydrogen-bond acceptors (Lipinski definition) is 2. The fourth-order valence-electron chi connectivity index (χ4n) is 2.71. The summed E-state index contributed by atoms with van der Waals surface area (Å²) >= 11 is 3.19. The molecule has 1 aromatic carbocycles. The maximum atomic E-state index is 13.6. The average molecular weight is 358 g/mol. The lowest BCUT2D eigenvalue weighted by molar-refractivity contribution is -0.150. The van der Waals surface area contributed by atoms with Crippen LogP contribution >= 0.6 is 15.9 Å². The van der Waals surface area contributed by atoms with Crippen molar-refractivity contribution in [3.63, 3.8) is 0 Å². The molecule has 1 aromatic rings. The van der Waals surface area contributed by atoms with Crippen molar-refractivity contribution < 1.29 is 19.1 Å². The fourth-order valence-corrected chi connectivity index (χ4v) is 3.07. The van der Waals surface area contributed by atoms with Crippen molar-refractivity contribution in [2.24, 2.45) is 5.41 Å². The maximum Gasteiger partial charge on any atom is 0.311 e. The number of amides is 1. The van der Waals surface area contributed by atoms with E-state index in [-0.39, 0.29) is 12.1 Å². The van der Waals surface area contributed by atoms with Crippen LogP contribution < -0.4 is 5.32 Å². The molecule has 1 saturated carbocycles. The number of carboxylic acids is 1. The number of halogens is 2. The van der Waals surface area contributed by atoms with Gasteiger partial charge in [-0.1, -0.05) is 35.2 Å². The van der Waals surface area contributed by atoms with Crippen molar-refractivity contribution in [2.75, 3.05) is 6.54 Å². The second kappa shape index (κ2) is 6.56. The van der Waals surface area contributed by atoms with Gasteiger partial charge in [-0.25, -0.2) is 4.39 Å². The Labute approximate surface area is 130 Å². The molecule has 4 nitrogen and oxygen atoms in total. The molecule has 0 spiro atoms. The molecule has 1 amide bonds. The van der Waals surface area contributed by atoms with Gasteiger partial charge < -0.3 is 10.4 Å². The van der Waals surface area contributed by atoms with E-state index in [9.17, 15) is 19.1 Å². The van der Waals surface area contributed by atoms with Gasteiger partial charge in [0, 0.05) is 11.0 Å². The highest BCUT2D eigenvalue weighted by atomic mass is 79.9. The first-order valence-corrected chi connectivity index (χ1v) is 7.71. The van der Waals surface area contributed by atoms with Crippen LogP contribution in [0.3, 0.4) is 0 Å². The van der Waals surface area contributed by atoms with Gasteiger partial charge in [0.15, 0.2) is 0 Å². The van der Waals surface area contributed by atoms with Crippen LogP contribution in [-0.2, 0) is 4.79 Å². The summed E-state index contributed by atoms with van der Waals surface area (Å²) in [6, 6.07) is 4.09. The van der Waals surface area contributed by atoms with Crippen molar-refractivity contribution in [2.45, 2.75) is 32.1 Å². The van der Waals surface area contributed by atoms with Gasteiger partial charge >= 0.3 is 5.97 Å². The zero-order valence-electron chi connectivity index (χ0n) is 11.5. The Morgan fingerprint density at radius 1 is 1.29 bits per heavy atom. The van der Waals surface area contributed by atoms with Crippen molar-refractivity contribution >= 4 is 27.8 Å². The molecule has 0 bridgehead atoms. The largest absolute Gasteiger partial charge is 0.481 e. The van der Waals surface area contributed by atoms with Crippen LogP contribution in [0.5, 0.6) is 0 Å². The molecule has 0 radical (unpaired) electrons. The molecule has 0 unspecified atom stereocenters. The van der Waals surface area contributed by atoms with E-state index in [4.69, 9.17) is 0 Å². The minimum Gasteiger partial charge on any atom is -0.481 e. The highest BCUT2D eigenvalue weighted by molar-refractivity contribution is 9.10. The fraction of sp³-hybridized carbons (Fsp3) is 0.467. The third-order valence-electron chi connectivity index (χ3n) is 4.02. The van der Waals surface area contributed by atoms with Crippen molar-refractivity contribution in [1.82, 2.24) is 5.32 Å². The SMILES string of the molecule is O=C(NCC1(C(=O)O)CCCCC1)c1cc(Br)ccc1F. The van der Waals surface area contributed by atoms with Crippen LogP contribution in [0.4, 0.5) is 4.39 Å². The van der Waals surface area contributed by atoms with E-state index in [0.29, 0.717) is 17.3 Å². The van der Waals surface area contributed by atoms with Crippen LogP contribution in [0.2, 0.25) is 0 Å². The van der Waals surface area contributed by atoms with Crippen molar-refractivity contribution in [3.8, 4) is 0 Å². The normalized spacial score (nSPS) is 17.2. The van der Waals surface area contributed by atoms with Gasteiger partial charge in [-0.15, -0.1) is 0 Å². The molecule has 0 atom stereocenters. The smallest absolute Gasteiger partial charge is 0.311 e. The van der Waals surface area contributed by atoms with Gasteiger partial charge in [-0.05, 0) is 31.0 Å². The van der Waals surface area contributed by atoms with Gasteiger partial charge in [-0.2, -0.15) is 0 Å². The molecule has 114 valence electrons. The van der Waals surface area contributed by atoms with E-state index in [1.807, 2.05) is 0 Å². The number of carboxylic acid groups (broad SMARTS) is 1. The Kier molecular flexibility index (Phi) is 4.98. The Morgan fingerprint density at radius 2 is 1.95 bits per heavy atom. The summed E-state index contributed by atoms with van der Waals surface area (Å²) in [6.07, 6.45) is 3.79. The van der Waals surface area contributed by atoms with Gasteiger partial charge in [0.1, 0.15) is 5.82 Å². The standard InChI is InChI=1S/C15H17BrFNO3/c16-10-4-5-12(17)11(8-10)13(19)18-9-15(14(20)21)6-2-1-3-7-15/h4-5,8H,1-3,6-7,9H2,(H,18,19)(H,20,21). The number of benzene rings is 1. The predicted octanol–water partition coefficient (Wildman–Crippen LogP) is 3.35. The molecular formula is C15H17BrFNO3. The third-order valence-corrected chi connectivity index (χ3v) is 4.52. The summed E-state index contributed by atoms with van der Waals surface area (Å²) in [6.45, 7) is 0.0348. The van der Waals surface area contributed by atoms with Crippen LogP contribution in [0, 0.1) is 11.2 Å². The highest BCUT2D eigenvalue weighted by Crippen LogP contribution is 2.36. The second-order valence-corrected chi connectivity index (χ2v) is 6.37. The number of aliphatic carboxylic acids is 1. The number of hydrogen-bond donors (Lipinski definition) is 2. The third kappa shape index (κ3) is 3.61. The summed E-state index contributed by atoms with van der Waals surface area (Å²) in [5.41, 5.74) is -1.00. The maximum absolute atomic E-state index is 13.6. The number of carbonyl (C=O) groups excluding carboxylic acids is 1. The summed E-state index contributed by atoms with van der Waals surface area (Å²) in [5.74, 6) is -2.10. The summed E-state index contributed by atoms with van der Waals surface area (Å²) in [4.78, 5) is 23.6. The lowest BCUT2D eigenvalue weighted by Crippen LogP contribution is -2.44. The number of carbonyl (C=O) groups is 2. The molecule has 1 aliphatic rings. The van der Waals surface area contributed by atoms with Gasteiger partial charge in [-0.3, -0.25) is 9.59 Å². The molecule has 2 rings (SSSR count). The topological polar surface area (TPSA) is 66.4 Å². The van der Waals surface area contributed by atoms with Gasteiger partial charge in [0.05, 0.1) is 11.0 Å². The average Bonchev–Trinajstić information content (AvgIpc) is 2.48. The Balaban J connectivity index is 2.08. The van der Waals surface area contributed by atoms with E-state index in [1.54, 1.807) is 0 Å². The number of rotatable bonds is 4. The molecule has 0 aliphatic heterocycles. The minimum absolute atomic E-state index is 0.0348. The quantitative estimate of drug-likeness (QED) is 0.868. The first kappa shape index (κ1) is 15.9. The molecule has 6 heteroatoms. The Morgan fingerprint density at radius 3 is 2.57 bits per heavy atom. The van der Waals surface area contributed by atoms with Crippen LogP contribution in [0.25, 0.3) is 0 Å². The summed E-state index contributed by atoms with van der Waals surface area (Å²) in [5, 5.41) is 12.0. The monoisotopic (exact) mass is 357 g/mol. The lowest BCUT2D eigenvalue weighted by Gasteiger charge is -2.33. The zero-order valence-corrected chi connectivity index (χ0v) is 13.1. The van der Waals surface area contributed by atoms with E-state index in [1.165, 1.54) is 18.2 Å². The first-order valence-electron chi connectivity index (χ1n) is 6.91. The minimum atomic E-state index is -0.920. The predicted molar refractivity (Wildman–Crippen MR) is 79.6 cm³/mol. The molecule has 0 heterocycles. The summed E-state index contributed by atoms with van der Waals surface area (Å²) < 4.78 is 14.2. The Bertz CT molecular complexity index is 556. The lowest BCUT2D eigenvalue weighted by atomic mass is 9.74. The van der Waals surface area contributed by atoms with Gasteiger partial charge in [0.25, 0.3) is 5.91 Å². The van der Waals surface area contributed by atoms with E-state index < -0.39 is 23.1 Å².